The molecule has 0 aliphatic carbocycles. The number of benzene rings is 1. The second-order valence-corrected chi connectivity index (χ2v) is 5.36. The molecule has 2 atom stereocenters. The predicted molar refractivity (Wildman–Crippen MR) is 71.1 cm³/mol. The summed E-state index contributed by atoms with van der Waals surface area (Å²) in [5.41, 5.74) is 0.272. The molecule has 3 rings (SSSR count). The molecule has 0 radical (unpaired) electrons. The molecule has 7 heteroatoms. The van der Waals surface area contributed by atoms with Gasteiger partial charge >= 0.3 is 0 Å². The first kappa shape index (κ1) is 14.1. The van der Waals surface area contributed by atoms with E-state index in [0.29, 0.717) is 25.3 Å². The Morgan fingerprint density at radius 2 is 2.19 bits per heavy atom. The average Bonchev–Trinajstić information content (AvgIpc) is 3.00. The van der Waals surface area contributed by atoms with Crippen LogP contribution in [0.1, 0.15) is 23.9 Å². The lowest BCUT2D eigenvalue weighted by molar-refractivity contribution is 0.170. The number of hydrogen-bond donors (Lipinski definition) is 1. The Hall–Kier alpha value is -1.86. The summed E-state index contributed by atoms with van der Waals surface area (Å²) in [4.78, 5) is 1.90. The van der Waals surface area contributed by atoms with Crippen LogP contribution in [0.2, 0.25) is 0 Å². The first-order chi connectivity index (χ1) is 10.0. The Bertz CT molecular complexity index is 646. The molecule has 1 aromatic carbocycles. The van der Waals surface area contributed by atoms with Crippen molar-refractivity contribution in [2.24, 2.45) is 7.05 Å². The van der Waals surface area contributed by atoms with Gasteiger partial charge in [-0.15, -0.1) is 10.2 Å². The minimum Gasteiger partial charge on any atom is -0.392 e. The van der Waals surface area contributed by atoms with Crippen LogP contribution < -0.4 is 0 Å². The molecule has 0 saturated carbocycles. The van der Waals surface area contributed by atoms with Gasteiger partial charge in [0.15, 0.2) is 0 Å². The fraction of sp³-hybridized carbons (Fsp3) is 0.429. The van der Waals surface area contributed by atoms with Gasteiger partial charge in [0.1, 0.15) is 23.8 Å². The van der Waals surface area contributed by atoms with Crippen molar-refractivity contribution in [3.05, 3.63) is 47.5 Å². The lowest BCUT2D eigenvalue weighted by Crippen LogP contribution is -2.26. The molecule has 1 fully saturated rings. The molecule has 1 aromatic heterocycles. The van der Waals surface area contributed by atoms with Gasteiger partial charge in [-0.25, -0.2) is 8.78 Å². The molecule has 112 valence electrons. The second kappa shape index (κ2) is 5.50. The van der Waals surface area contributed by atoms with Crippen molar-refractivity contribution in [3.63, 3.8) is 0 Å². The monoisotopic (exact) mass is 294 g/mol. The standard InChI is InChI=1S/C14H16F2N4O/c1-19-8-17-18-14(19)7-20-6-10(21)5-13(20)11-4-9(15)2-3-12(11)16/h2-4,8,10,13,21H,5-7H2,1H3/t10-,13-/m0/s1. The smallest absolute Gasteiger partial charge is 0.146 e. The van der Waals surface area contributed by atoms with E-state index >= 15 is 0 Å². The van der Waals surface area contributed by atoms with Crippen LogP contribution in [0, 0.1) is 11.6 Å². The number of rotatable bonds is 3. The number of halogens is 2. The number of aliphatic hydroxyl groups excluding tert-OH is 1. The normalized spacial score (nSPS) is 22.9. The van der Waals surface area contributed by atoms with E-state index in [-0.39, 0.29) is 11.6 Å². The zero-order valence-corrected chi connectivity index (χ0v) is 11.6. The van der Waals surface area contributed by atoms with Gasteiger partial charge in [0.05, 0.1) is 12.6 Å². The Kier molecular flexibility index (Phi) is 3.69. The number of aromatic nitrogens is 3. The zero-order chi connectivity index (χ0) is 15.0. The third-order valence-electron chi connectivity index (χ3n) is 3.85. The van der Waals surface area contributed by atoms with E-state index in [2.05, 4.69) is 10.2 Å². The first-order valence-corrected chi connectivity index (χ1v) is 6.74. The Balaban J connectivity index is 1.89. The summed E-state index contributed by atoms with van der Waals surface area (Å²) in [6.45, 7) is 0.821. The molecule has 1 aliphatic rings. The SMILES string of the molecule is Cn1cnnc1CN1C[C@@H](O)C[C@H]1c1cc(F)ccc1F. The third-order valence-corrected chi connectivity index (χ3v) is 3.85. The van der Waals surface area contributed by atoms with Crippen molar-refractivity contribution in [2.75, 3.05) is 6.54 Å². The van der Waals surface area contributed by atoms with Crippen LogP contribution >= 0.6 is 0 Å². The second-order valence-electron chi connectivity index (χ2n) is 5.36. The summed E-state index contributed by atoms with van der Waals surface area (Å²) in [6.07, 6.45) is 1.39. The van der Waals surface area contributed by atoms with Crippen molar-refractivity contribution < 1.29 is 13.9 Å². The van der Waals surface area contributed by atoms with Gasteiger partial charge in [-0.2, -0.15) is 0 Å². The van der Waals surface area contributed by atoms with Gasteiger partial charge in [-0.3, -0.25) is 4.90 Å². The van der Waals surface area contributed by atoms with Crippen molar-refractivity contribution in [1.82, 2.24) is 19.7 Å². The van der Waals surface area contributed by atoms with E-state index in [4.69, 9.17) is 0 Å². The lowest BCUT2D eigenvalue weighted by atomic mass is 10.0. The predicted octanol–water partition coefficient (Wildman–Crippen LogP) is 1.40. The number of aryl methyl sites for hydroxylation is 1. The summed E-state index contributed by atoms with van der Waals surface area (Å²) in [7, 11) is 1.82. The molecule has 1 N–H and O–H groups in total. The van der Waals surface area contributed by atoms with E-state index in [1.807, 2.05) is 11.9 Å². The highest BCUT2D eigenvalue weighted by Crippen LogP contribution is 2.34. The van der Waals surface area contributed by atoms with Crippen LogP contribution in [0.4, 0.5) is 8.78 Å². The topological polar surface area (TPSA) is 54.2 Å². The molecule has 0 amide bonds. The number of likely N-dealkylation sites (tertiary alicyclic amines) is 1. The molecule has 1 aliphatic heterocycles. The first-order valence-electron chi connectivity index (χ1n) is 6.74. The van der Waals surface area contributed by atoms with Crippen LogP contribution in [-0.4, -0.2) is 37.4 Å². The number of aliphatic hydroxyl groups is 1. The van der Waals surface area contributed by atoms with E-state index in [1.54, 1.807) is 10.9 Å². The van der Waals surface area contributed by atoms with Crippen LogP contribution in [0.5, 0.6) is 0 Å². The fourth-order valence-corrected chi connectivity index (χ4v) is 2.78. The maximum Gasteiger partial charge on any atom is 0.146 e. The van der Waals surface area contributed by atoms with E-state index < -0.39 is 17.7 Å². The minimum absolute atomic E-state index is 0.272. The minimum atomic E-state index is -0.564. The van der Waals surface area contributed by atoms with Crippen LogP contribution in [-0.2, 0) is 13.6 Å². The molecular weight excluding hydrogens is 278 g/mol. The molecule has 5 nitrogen and oxygen atoms in total. The molecule has 0 bridgehead atoms. The molecule has 0 spiro atoms. The Morgan fingerprint density at radius 1 is 1.38 bits per heavy atom. The lowest BCUT2D eigenvalue weighted by Gasteiger charge is -2.24. The maximum atomic E-state index is 14.0. The summed E-state index contributed by atoms with van der Waals surface area (Å²) in [5.74, 6) is -0.226. The molecular formula is C14H16F2N4O. The van der Waals surface area contributed by atoms with E-state index in [9.17, 15) is 13.9 Å². The van der Waals surface area contributed by atoms with Gasteiger partial charge in [0.25, 0.3) is 0 Å². The van der Waals surface area contributed by atoms with Gasteiger partial charge in [0, 0.05) is 25.2 Å². The Morgan fingerprint density at radius 3 is 2.90 bits per heavy atom. The van der Waals surface area contributed by atoms with E-state index in [0.717, 1.165) is 12.1 Å². The Labute approximate surface area is 120 Å². The molecule has 21 heavy (non-hydrogen) atoms. The highest BCUT2D eigenvalue weighted by Gasteiger charge is 2.34. The van der Waals surface area contributed by atoms with Crippen LogP contribution in [0.3, 0.4) is 0 Å². The van der Waals surface area contributed by atoms with Crippen molar-refractivity contribution in [2.45, 2.75) is 25.1 Å². The number of hydrogen-bond acceptors (Lipinski definition) is 4. The maximum absolute atomic E-state index is 14.0. The highest BCUT2D eigenvalue weighted by atomic mass is 19.1. The average molecular weight is 294 g/mol. The highest BCUT2D eigenvalue weighted by molar-refractivity contribution is 5.24. The summed E-state index contributed by atoms with van der Waals surface area (Å²) < 4.78 is 29.1. The van der Waals surface area contributed by atoms with Crippen molar-refractivity contribution >= 4 is 0 Å². The zero-order valence-electron chi connectivity index (χ0n) is 11.6. The van der Waals surface area contributed by atoms with Crippen molar-refractivity contribution in [3.8, 4) is 0 Å². The van der Waals surface area contributed by atoms with Gasteiger partial charge in [-0.1, -0.05) is 0 Å². The quantitative estimate of drug-likeness (QED) is 0.930. The molecule has 2 aromatic rings. The van der Waals surface area contributed by atoms with Crippen LogP contribution in [0.25, 0.3) is 0 Å². The molecule has 1 saturated heterocycles. The summed E-state index contributed by atoms with van der Waals surface area (Å²) >= 11 is 0. The van der Waals surface area contributed by atoms with Gasteiger partial charge in [-0.05, 0) is 24.6 Å². The van der Waals surface area contributed by atoms with E-state index in [1.165, 1.54) is 6.07 Å². The van der Waals surface area contributed by atoms with Crippen LogP contribution in [0.15, 0.2) is 24.5 Å². The fourth-order valence-electron chi connectivity index (χ4n) is 2.78. The summed E-state index contributed by atoms with van der Waals surface area (Å²) in [5, 5.41) is 17.7. The summed E-state index contributed by atoms with van der Waals surface area (Å²) in [6, 6.07) is 3.04. The third kappa shape index (κ3) is 2.79. The number of β-amino-alcohol motifs (C(OH)–C–C–N with tert-alkyl or cyclic N) is 1. The molecule has 0 unspecified atom stereocenters. The van der Waals surface area contributed by atoms with Gasteiger partial charge < -0.3 is 9.67 Å². The molecule has 2 heterocycles. The van der Waals surface area contributed by atoms with Gasteiger partial charge in [0.2, 0.25) is 0 Å². The number of nitrogens with zero attached hydrogens (tertiary/aromatic N) is 4. The van der Waals surface area contributed by atoms with Crippen molar-refractivity contribution in [1.29, 1.82) is 0 Å². The largest absolute Gasteiger partial charge is 0.392 e.